The fourth-order valence-corrected chi connectivity index (χ4v) is 4.84. The largest absolute Gasteiger partial charge is 0.495 e. The first-order chi connectivity index (χ1) is 15.9. The fourth-order valence-electron chi connectivity index (χ4n) is 4.84. The van der Waals surface area contributed by atoms with Gasteiger partial charge in [-0.1, -0.05) is 12.1 Å². The van der Waals surface area contributed by atoms with Gasteiger partial charge < -0.3 is 14.2 Å². The average Bonchev–Trinajstić information content (AvgIpc) is 3.11. The molecule has 0 bridgehead atoms. The van der Waals surface area contributed by atoms with Gasteiger partial charge in [-0.25, -0.2) is 9.83 Å². The van der Waals surface area contributed by atoms with Crippen molar-refractivity contribution in [2.24, 2.45) is 5.92 Å². The minimum absolute atomic E-state index is 0.0951. The van der Waals surface area contributed by atoms with E-state index >= 15 is 0 Å². The number of likely N-dealkylation sites (tertiary alicyclic amines) is 1. The van der Waals surface area contributed by atoms with Crippen LogP contribution in [0.25, 0.3) is 21.6 Å². The summed E-state index contributed by atoms with van der Waals surface area (Å²) in [6.45, 7) is 12.6. The molecule has 7 nitrogen and oxygen atoms in total. The van der Waals surface area contributed by atoms with E-state index in [1.54, 1.807) is 25.4 Å². The lowest BCUT2D eigenvalue weighted by atomic mass is 9.96. The third kappa shape index (κ3) is 4.77. The number of Topliss-reactive ketones (excluding diaryl/α,β-unsaturated/α-hetero) is 1. The van der Waals surface area contributed by atoms with Gasteiger partial charge in [0.1, 0.15) is 5.75 Å². The van der Waals surface area contributed by atoms with Crippen LogP contribution >= 0.6 is 0 Å². The lowest BCUT2D eigenvalue weighted by Crippen LogP contribution is -2.39. The highest BCUT2D eigenvalue weighted by atomic mass is 16.5. The molecule has 0 amide bonds. The molecule has 4 rings (SSSR count). The second-order valence-corrected chi connectivity index (χ2v) is 9.07. The third-order valence-corrected chi connectivity index (χ3v) is 6.47. The standard InChI is InChI=1S/C26H31N5O2/c1-18-25(24(32)17-30-12-10-19(11-13-30)16-29(3)4)26-23(14-22(33-5)15-28-26)31(18)21-8-6-20(27-2)7-9-21/h6-9,14-15,19H,10-13,16-17H2,1,3-5H3. The third-order valence-electron chi connectivity index (χ3n) is 6.47. The first-order valence-corrected chi connectivity index (χ1v) is 11.3. The van der Waals surface area contributed by atoms with Gasteiger partial charge in [-0.2, -0.15) is 0 Å². The molecule has 0 saturated carbocycles. The highest BCUT2D eigenvalue weighted by Gasteiger charge is 2.26. The van der Waals surface area contributed by atoms with Crippen LogP contribution in [0.5, 0.6) is 5.75 Å². The van der Waals surface area contributed by atoms with Gasteiger partial charge in [0.15, 0.2) is 11.5 Å². The maximum absolute atomic E-state index is 13.5. The Morgan fingerprint density at radius 2 is 1.94 bits per heavy atom. The molecule has 1 aliphatic rings. The molecule has 2 aromatic heterocycles. The summed E-state index contributed by atoms with van der Waals surface area (Å²) in [7, 11) is 5.84. The van der Waals surface area contributed by atoms with Crippen LogP contribution in [0.15, 0.2) is 36.5 Å². The Kier molecular flexibility index (Phi) is 6.77. The monoisotopic (exact) mass is 445 g/mol. The van der Waals surface area contributed by atoms with E-state index < -0.39 is 0 Å². The van der Waals surface area contributed by atoms with Crippen LogP contribution in [0.3, 0.4) is 0 Å². The number of nitrogens with zero attached hydrogens (tertiary/aromatic N) is 5. The number of fused-ring (bicyclic) bond motifs is 1. The number of hydrogen-bond donors (Lipinski definition) is 0. The molecular formula is C26H31N5O2. The number of hydrogen-bond acceptors (Lipinski definition) is 5. The maximum Gasteiger partial charge on any atom is 0.187 e. The predicted molar refractivity (Wildman–Crippen MR) is 131 cm³/mol. The predicted octanol–water partition coefficient (Wildman–Crippen LogP) is 4.35. The number of methoxy groups -OCH3 is 1. The second kappa shape index (κ2) is 9.74. The summed E-state index contributed by atoms with van der Waals surface area (Å²) in [5, 5.41) is 0. The van der Waals surface area contributed by atoms with Crippen LogP contribution in [-0.4, -0.2) is 72.5 Å². The van der Waals surface area contributed by atoms with Crippen LogP contribution in [0.4, 0.5) is 5.69 Å². The summed E-state index contributed by atoms with van der Waals surface area (Å²) in [6, 6.07) is 9.31. The topological polar surface area (TPSA) is 55.0 Å². The molecule has 0 spiro atoms. The van der Waals surface area contributed by atoms with Gasteiger partial charge >= 0.3 is 0 Å². The van der Waals surface area contributed by atoms with Gasteiger partial charge in [-0.05, 0) is 65.0 Å². The number of aromatic nitrogens is 2. The number of carbonyl (C=O) groups is 1. The first kappa shape index (κ1) is 23.0. The molecule has 3 aromatic rings. The minimum atomic E-state index is 0.0951. The van der Waals surface area contributed by atoms with Crippen molar-refractivity contribution in [3.05, 3.63) is 59.2 Å². The van der Waals surface area contributed by atoms with Crippen molar-refractivity contribution < 1.29 is 9.53 Å². The van der Waals surface area contributed by atoms with Gasteiger partial charge in [-0.3, -0.25) is 9.69 Å². The van der Waals surface area contributed by atoms with E-state index in [0.29, 0.717) is 35.0 Å². The molecule has 1 aliphatic heterocycles. The Balaban J connectivity index is 1.65. The molecule has 172 valence electrons. The molecule has 33 heavy (non-hydrogen) atoms. The van der Waals surface area contributed by atoms with Gasteiger partial charge in [0, 0.05) is 24.0 Å². The number of benzene rings is 1. The molecule has 0 radical (unpaired) electrons. The smallest absolute Gasteiger partial charge is 0.187 e. The lowest BCUT2D eigenvalue weighted by molar-refractivity contribution is 0.0886. The number of pyridine rings is 1. The van der Waals surface area contributed by atoms with Crippen LogP contribution < -0.4 is 4.74 Å². The molecule has 3 heterocycles. The fraction of sp³-hybridized carbons (Fsp3) is 0.423. The zero-order chi connectivity index (χ0) is 23.5. The number of ether oxygens (including phenoxy) is 1. The van der Waals surface area contributed by atoms with Crippen molar-refractivity contribution in [1.29, 1.82) is 0 Å². The summed E-state index contributed by atoms with van der Waals surface area (Å²) >= 11 is 0. The summed E-state index contributed by atoms with van der Waals surface area (Å²) in [5.74, 6) is 1.43. The zero-order valence-corrected chi connectivity index (χ0v) is 19.8. The summed E-state index contributed by atoms with van der Waals surface area (Å²) in [6.07, 6.45) is 3.90. The Morgan fingerprint density at radius 1 is 1.24 bits per heavy atom. The Hall–Kier alpha value is -3.21. The summed E-state index contributed by atoms with van der Waals surface area (Å²) in [4.78, 5) is 26.1. The van der Waals surface area contributed by atoms with Crippen molar-refractivity contribution >= 4 is 22.5 Å². The highest BCUT2D eigenvalue weighted by Crippen LogP contribution is 2.31. The van der Waals surface area contributed by atoms with Crippen molar-refractivity contribution in [1.82, 2.24) is 19.4 Å². The normalized spacial score (nSPS) is 15.2. The van der Waals surface area contributed by atoms with E-state index in [1.165, 1.54) is 0 Å². The highest BCUT2D eigenvalue weighted by molar-refractivity contribution is 6.09. The van der Waals surface area contributed by atoms with Gasteiger partial charge in [0.25, 0.3) is 0 Å². The number of ketones is 1. The molecular weight excluding hydrogens is 414 g/mol. The zero-order valence-electron chi connectivity index (χ0n) is 19.8. The van der Waals surface area contributed by atoms with E-state index in [9.17, 15) is 4.79 Å². The van der Waals surface area contributed by atoms with Crippen LogP contribution in [0, 0.1) is 19.4 Å². The Morgan fingerprint density at radius 3 is 2.55 bits per heavy atom. The number of rotatable bonds is 7. The van der Waals surface area contributed by atoms with Crippen molar-refractivity contribution in [3.63, 3.8) is 0 Å². The Bertz CT molecular complexity index is 1180. The van der Waals surface area contributed by atoms with E-state index in [2.05, 4.69) is 33.7 Å². The maximum atomic E-state index is 13.5. The molecule has 7 heteroatoms. The van der Waals surface area contributed by atoms with Crippen molar-refractivity contribution in [3.8, 4) is 11.4 Å². The molecule has 1 aromatic carbocycles. The lowest BCUT2D eigenvalue weighted by Gasteiger charge is -2.32. The van der Waals surface area contributed by atoms with Crippen molar-refractivity contribution in [2.45, 2.75) is 19.8 Å². The molecule has 0 atom stereocenters. The quantitative estimate of drug-likeness (QED) is 0.400. The molecule has 0 aliphatic carbocycles. The second-order valence-electron chi connectivity index (χ2n) is 9.07. The van der Waals surface area contributed by atoms with E-state index in [0.717, 1.165) is 49.4 Å². The van der Waals surface area contributed by atoms with Crippen LogP contribution in [-0.2, 0) is 0 Å². The summed E-state index contributed by atoms with van der Waals surface area (Å²) in [5.41, 5.74) is 4.51. The van der Waals surface area contributed by atoms with E-state index in [4.69, 9.17) is 11.3 Å². The van der Waals surface area contributed by atoms with Crippen LogP contribution in [0.1, 0.15) is 28.9 Å². The minimum Gasteiger partial charge on any atom is -0.495 e. The van der Waals surface area contributed by atoms with Crippen LogP contribution in [0.2, 0.25) is 0 Å². The number of piperidine rings is 1. The average molecular weight is 446 g/mol. The first-order valence-electron chi connectivity index (χ1n) is 11.3. The number of carbonyl (C=O) groups excluding carboxylic acids is 1. The SMILES string of the molecule is [C-]#[N+]c1ccc(-n2c(C)c(C(=O)CN3CCC(CN(C)C)CC3)c3ncc(OC)cc32)cc1. The van der Waals surface area contributed by atoms with Gasteiger partial charge in [0.2, 0.25) is 0 Å². The van der Waals surface area contributed by atoms with E-state index in [1.807, 2.05) is 29.7 Å². The molecule has 0 N–H and O–H groups in total. The van der Waals surface area contributed by atoms with Gasteiger partial charge in [-0.15, -0.1) is 0 Å². The summed E-state index contributed by atoms with van der Waals surface area (Å²) < 4.78 is 7.44. The van der Waals surface area contributed by atoms with E-state index in [-0.39, 0.29) is 5.78 Å². The van der Waals surface area contributed by atoms with Gasteiger partial charge in [0.05, 0.1) is 43.0 Å². The molecule has 1 saturated heterocycles. The van der Waals surface area contributed by atoms with Crippen molar-refractivity contribution in [2.75, 3.05) is 47.4 Å². The Labute approximate surface area is 195 Å². The molecule has 0 unspecified atom stereocenters. The molecule has 1 fully saturated rings.